The van der Waals surface area contributed by atoms with Crippen molar-refractivity contribution < 1.29 is 22.8 Å². The molecule has 2 aliphatic heterocycles. The number of nitrogens with one attached hydrogen (secondary N) is 1. The van der Waals surface area contributed by atoms with E-state index < -0.39 is 17.8 Å². The lowest BCUT2D eigenvalue weighted by Crippen LogP contribution is -2.40. The lowest BCUT2D eigenvalue weighted by Gasteiger charge is -2.29. The number of halogens is 3. The molecule has 0 unspecified atom stereocenters. The number of aryl methyl sites for hydroxylation is 1. The summed E-state index contributed by atoms with van der Waals surface area (Å²) in [6.07, 6.45) is -0.936. The summed E-state index contributed by atoms with van der Waals surface area (Å²) in [6, 6.07) is 4.02. The topological polar surface area (TPSA) is 70.5 Å². The molecule has 1 fully saturated rings. The van der Waals surface area contributed by atoms with E-state index in [1.165, 1.54) is 17.0 Å². The molecular weight excluding hydrogens is 411 g/mol. The van der Waals surface area contributed by atoms with E-state index in [4.69, 9.17) is 0 Å². The number of piperidine rings is 1. The highest BCUT2D eigenvalue weighted by molar-refractivity contribution is 5.95. The fourth-order valence-electron chi connectivity index (χ4n) is 4.16. The highest BCUT2D eigenvalue weighted by Crippen LogP contribution is 2.31. The third-order valence-corrected chi connectivity index (χ3v) is 5.82. The van der Waals surface area contributed by atoms with E-state index in [-0.39, 0.29) is 18.1 Å². The Hall–Kier alpha value is -3.04. The molecule has 4 rings (SSSR count). The van der Waals surface area contributed by atoms with Crippen LogP contribution < -0.4 is 5.32 Å². The summed E-state index contributed by atoms with van der Waals surface area (Å²) in [5.41, 5.74) is 1.22. The number of urea groups is 1. The number of carbonyl (C=O) groups is 2. The molecule has 2 aliphatic rings. The van der Waals surface area contributed by atoms with Crippen molar-refractivity contribution in [2.45, 2.75) is 38.4 Å². The standard InChI is InChI=1S/C21H24F3N5O2/c1-27-17-8-11-29(20(31)25-15-7-5-6-14(12-15)21(22,23)24)13-16(17)18(26-27)19(30)28-9-3-2-4-10-28/h5-7,12H,2-4,8-11,13H2,1H3,(H,25,31). The number of nitrogens with zero attached hydrogens (tertiary/aromatic N) is 4. The number of amides is 3. The molecule has 166 valence electrons. The van der Waals surface area contributed by atoms with Gasteiger partial charge in [0.2, 0.25) is 0 Å². The maximum atomic E-state index is 13.0. The van der Waals surface area contributed by atoms with Gasteiger partial charge in [-0.1, -0.05) is 6.07 Å². The number of alkyl halides is 3. The summed E-state index contributed by atoms with van der Waals surface area (Å²) in [6.45, 7) is 1.96. The van der Waals surface area contributed by atoms with E-state index in [0.717, 1.165) is 37.1 Å². The maximum absolute atomic E-state index is 13.0. The number of carbonyl (C=O) groups excluding carboxylic acids is 2. The second-order valence-corrected chi connectivity index (χ2v) is 7.93. The molecule has 0 bridgehead atoms. The molecule has 0 radical (unpaired) electrons. The molecule has 1 aromatic carbocycles. The quantitative estimate of drug-likeness (QED) is 0.783. The summed E-state index contributed by atoms with van der Waals surface area (Å²) in [5, 5.41) is 6.96. The third-order valence-electron chi connectivity index (χ3n) is 5.82. The van der Waals surface area contributed by atoms with E-state index in [1.807, 2.05) is 0 Å². The van der Waals surface area contributed by atoms with Crippen molar-refractivity contribution in [1.82, 2.24) is 19.6 Å². The Morgan fingerprint density at radius 1 is 1.06 bits per heavy atom. The molecule has 0 spiro atoms. The van der Waals surface area contributed by atoms with Crippen LogP contribution >= 0.6 is 0 Å². The fourth-order valence-corrected chi connectivity index (χ4v) is 4.16. The zero-order valence-electron chi connectivity index (χ0n) is 17.2. The Morgan fingerprint density at radius 2 is 1.81 bits per heavy atom. The van der Waals surface area contributed by atoms with Crippen molar-refractivity contribution in [3.8, 4) is 0 Å². The summed E-state index contributed by atoms with van der Waals surface area (Å²) < 4.78 is 40.5. The van der Waals surface area contributed by atoms with Crippen molar-refractivity contribution in [3.05, 3.63) is 46.8 Å². The molecule has 7 nitrogen and oxygen atoms in total. The first-order chi connectivity index (χ1) is 14.7. The van der Waals surface area contributed by atoms with Crippen LogP contribution in [0.4, 0.5) is 23.7 Å². The van der Waals surface area contributed by atoms with Gasteiger partial charge in [0.05, 0.1) is 12.1 Å². The van der Waals surface area contributed by atoms with Gasteiger partial charge in [0, 0.05) is 50.0 Å². The smallest absolute Gasteiger partial charge is 0.337 e. The number of fused-ring (bicyclic) bond motifs is 1. The van der Waals surface area contributed by atoms with Crippen LogP contribution in [-0.4, -0.2) is 51.2 Å². The van der Waals surface area contributed by atoms with Crippen molar-refractivity contribution in [2.24, 2.45) is 7.05 Å². The van der Waals surface area contributed by atoms with Crippen molar-refractivity contribution in [3.63, 3.8) is 0 Å². The van der Waals surface area contributed by atoms with E-state index in [0.29, 0.717) is 37.3 Å². The number of anilines is 1. The Bertz CT molecular complexity index is 995. The maximum Gasteiger partial charge on any atom is 0.416 e. The lowest BCUT2D eigenvalue weighted by atomic mass is 10.0. The molecule has 0 atom stereocenters. The van der Waals surface area contributed by atoms with Gasteiger partial charge >= 0.3 is 12.2 Å². The number of rotatable bonds is 2. The molecule has 0 aliphatic carbocycles. The third kappa shape index (κ3) is 4.38. The number of benzene rings is 1. The van der Waals surface area contributed by atoms with Gasteiger partial charge in [-0.05, 0) is 37.5 Å². The van der Waals surface area contributed by atoms with Gasteiger partial charge in [0.1, 0.15) is 0 Å². The van der Waals surface area contributed by atoms with Crippen molar-refractivity contribution in [2.75, 3.05) is 25.0 Å². The molecule has 31 heavy (non-hydrogen) atoms. The second-order valence-electron chi connectivity index (χ2n) is 7.93. The molecule has 2 aromatic rings. The first-order valence-corrected chi connectivity index (χ1v) is 10.3. The normalized spacial score (nSPS) is 16.8. The number of hydrogen-bond donors (Lipinski definition) is 1. The monoisotopic (exact) mass is 435 g/mol. The van der Waals surface area contributed by atoms with Gasteiger partial charge in [-0.15, -0.1) is 0 Å². The van der Waals surface area contributed by atoms with Gasteiger partial charge in [0.25, 0.3) is 5.91 Å². The van der Waals surface area contributed by atoms with Gasteiger partial charge in [-0.2, -0.15) is 18.3 Å². The molecule has 1 saturated heterocycles. The van der Waals surface area contributed by atoms with Gasteiger partial charge in [-0.25, -0.2) is 4.79 Å². The minimum atomic E-state index is -4.49. The lowest BCUT2D eigenvalue weighted by molar-refractivity contribution is -0.137. The number of hydrogen-bond acceptors (Lipinski definition) is 3. The fraction of sp³-hybridized carbons (Fsp3) is 0.476. The molecular formula is C21H24F3N5O2. The van der Waals surface area contributed by atoms with Crippen molar-refractivity contribution in [1.29, 1.82) is 0 Å². The average molecular weight is 435 g/mol. The zero-order valence-corrected chi connectivity index (χ0v) is 17.2. The van der Waals surface area contributed by atoms with Crippen LogP contribution in [-0.2, 0) is 26.2 Å². The minimum absolute atomic E-state index is 0.0708. The predicted molar refractivity (Wildman–Crippen MR) is 108 cm³/mol. The summed E-state index contributed by atoms with van der Waals surface area (Å²) >= 11 is 0. The average Bonchev–Trinajstić information content (AvgIpc) is 3.09. The van der Waals surface area contributed by atoms with Gasteiger partial charge < -0.3 is 15.1 Å². The van der Waals surface area contributed by atoms with Crippen LogP contribution in [0.3, 0.4) is 0 Å². The van der Waals surface area contributed by atoms with Crippen molar-refractivity contribution >= 4 is 17.6 Å². The number of aromatic nitrogens is 2. The molecule has 3 heterocycles. The van der Waals surface area contributed by atoms with Crippen LogP contribution in [0.25, 0.3) is 0 Å². The highest BCUT2D eigenvalue weighted by Gasteiger charge is 2.33. The Kier molecular flexibility index (Phi) is 5.63. The summed E-state index contributed by atoms with van der Waals surface area (Å²) in [4.78, 5) is 29.0. The Balaban J connectivity index is 1.51. The van der Waals surface area contributed by atoms with Crippen LogP contribution in [0.1, 0.15) is 46.6 Å². The van der Waals surface area contributed by atoms with E-state index in [2.05, 4.69) is 10.4 Å². The van der Waals surface area contributed by atoms with Gasteiger partial charge in [0.15, 0.2) is 5.69 Å². The highest BCUT2D eigenvalue weighted by atomic mass is 19.4. The first-order valence-electron chi connectivity index (χ1n) is 10.3. The second kappa shape index (κ2) is 8.24. The van der Waals surface area contributed by atoms with Crippen LogP contribution in [0.2, 0.25) is 0 Å². The Morgan fingerprint density at radius 3 is 2.52 bits per heavy atom. The van der Waals surface area contributed by atoms with E-state index in [9.17, 15) is 22.8 Å². The number of likely N-dealkylation sites (tertiary alicyclic amines) is 1. The molecule has 1 aromatic heterocycles. The predicted octanol–water partition coefficient (Wildman–Crippen LogP) is 3.66. The summed E-state index contributed by atoms with van der Waals surface area (Å²) in [7, 11) is 1.78. The molecule has 1 N–H and O–H groups in total. The van der Waals surface area contributed by atoms with Gasteiger partial charge in [-0.3, -0.25) is 9.48 Å². The van der Waals surface area contributed by atoms with E-state index in [1.54, 1.807) is 16.6 Å². The van der Waals surface area contributed by atoms with Crippen LogP contribution in [0.5, 0.6) is 0 Å². The minimum Gasteiger partial charge on any atom is -0.337 e. The Labute approximate surface area is 177 Å². The van der Waals surface area contributed by atoms with Crippen LogP contribution in [0.15, 0.2) is 24.3 Å². The first kappa shape index (κ1) is 21.2. The molecule has 3 amide bonds. The largest absolute Gasteiger partial charge is 0.416 e. The molecule has 10 heteroatoms. The summed E-state index contributed by atoms with van der Waals surface area (Å²) in [5.74, 6) is -0.128. The van der Waals surface area contributed by atoms with E-state index >= 15 is 0 Å². The SMILES string of the molecule is Cn1nc(C(=O)N2CCCCC2)c2c1CCN(C(=O)Nc1cccc(C(F)(F)F)c1)C2. The zero-order chi connectivity index (χ0) is 22.2. The molecule has 0 saturated carbocycles. The van der Waals surface area contributed by atoms with Crippen LogP contribution in [0, 0.1) is 0 Å².